The number of rotatable bonds is 5. The molecule has 0 aliphatic rings. The minimum Gasteiger partial charge on any atom is -0.324 e. The van der Waals surface area contributed by atoms with Crippen molar-refractivity contribution in [1.82, 2.24) is 9.78 Å². The van der Waals surface area contributed by atoms with E-state index in [2.05, 4.69) is 18.9 Å². The molecule has 2 unspecified atom stereocenters. The Morgan fingerprint density at radius 1 is 1.35 bits per heavy atom. The molecule has 0 spiro atoms. The zero-order valence-electron chi connectivity index (χ0n) is 12.3. The van der Waals surface area contributed by atoms with Gasteiger partial charge in [-0.05, 0) is 49.6 Å². The standard InChI is InChI=1S/C16H22FN3/c1-4-12(3)20-6-5-15(19-20)10-16(18)13-7-11(2)8-14(17)9-13/h5-9,12,16H,4,10,18H2,1-3H3. The van der Waals surface area contributed by atoms with E-state index in [4.69, 9.17) is 5.73 Å². The summed E-state index contributed by atoms with van der Waals surface area (Å²) in [5.41, 5.74) is 8.82. The largest absolute Gasteiger partial charge is 0.324 e. The molecule has 0 bridgehead atoms. The Kier molecular flexibility index (Phi) is 4.55. The van der Waals surface area contributed by atoms with Crippen molar-refractivity contribution < 1.29 is 4.39 Å². The van der Waals surface area contributed by atoms with Crippen molar-refractivity contribution in [3.05, 3.63) is 53.1 Å². The van der Waals surface area contributed by atoms with Crippen LogP contribution in [0, 0.1) is 12.7 Å². The van der Waals surface area contributed by atoms with E-state index in [9.17, 15) is 4.39 Å². The number of benzene rings is 1. The van der Waals surface area contributed by atoms with E-state index >= 15 is 0 Å². The first-order valence-corrected chi connectivity index (χ1v) is 7.06. The molecule has 4 heteroatoms. The number of nitrogens with zero attached hydrogens (tertiary/aromatic N) is 2. The van der Waals surface area contributed by atoms with Gasteiger partial charge in [-0.3, -0.25) is 4.68 Å². The molecule has 3 nitrogen and oxygen atoms in total. The number of hydrogen-bond donors (Lipinski definition) is 1. The second-order valence-electron chi connectivity index (χ2n) is 5.42. The van der Waals surface area contributed by atoms with Gasteiger partial charge < -0.3 is 5.73 Å². The van der Waals surface area contributed by atoms with E-state index in [1.54, 1.807) is 0 Å². The Morgan fingerprint density at radius 3 is 2.75 bits per heavy atom. The van der Waals surface area contributed by atoms with Crippen LogP contribution in [0.5, 0.6) is 0 Å². The SMILES string of the molecule is CCC(C)n1ccc(CC(N)c2cc(C)cc(F)c2)n1. The minimum atomic E-state index is -0.236. The highest BCUT2D eigenvalue weighted by Gasteiger charge is 2.12. The molecule has 0 amide bonds. The Balaban J connectivity index is 2.11. The summed E-state index contributed by atoms with van der Waals surface area (Å²) in [6.07, 6.45) is 3.63. The smallest absolute Gasteiger partial charge is 0.123 e. The van der Waals surface area contributed by atoms with Crippen LogP contribution in [-0.2, 0) is 6.42 Å². The molecule has 1 heterocycles. The number of aromatic nitrogens is 2. The highest BCUT2D eigenvalue weighted by molar-refractivity contribution is 5.27. The van der Waals surface area contributed by atoms with Gasteiger partial charge in [0.25, 0.3) is 0 Å². The molecule has 2 aromatic rings. The maximum Gasteiger partial charge on any atom is 0.123 e. The zero-order chi connectivity index (χ0) is 14.7. The van der Waals surface area contributed by atoms with Gasteiger partial charge in [-0.25, -0.2) is 4.39 Å². The fourth-order valence-electron chi connectivity index (χ4n) is 2.24. The monoisotopic (exact) mass is 275 g/mol. The van der Waals surface area contributed by atoms with Crippen LogP contribution in [0.3, 0.4) is 0 Å². The minimum absolute atomic E-state index is 0.232. The van der Waals surface area contributed by atoms with Crippen LogP contribution in [0.15, 0.2) is 30.5 Å². The topological polar surface area (TPSA) is 43.8 Å². The fraction of sp³-hybridized carbons (Fsp3) is 0.438. The molecule has 0 radical (unpaired) electrons. The highest BCUT2D eigenvalue weighted by Crippen LogP contribution is 2.19. The van der Waals surface area contributed by atoms with Crippen LogP contribution in [0.4, 0.5) is 4.39 Å². The molecule has 2 N–H and O–H groups in total. The maximum atomic E-state index is 13.4. The van der Waals surface area contributed by atoms with Crippen molar-refractivity contribution >= 4 is 0 Å². The third-order valence-corrected chi connectivity index (χ3v) is 3.63. The van der Waals surface area contributed by atoms with Gasteiger partial charge >= 0.3 is 0 Å². The summed E-state index contributed by atoms with van der Waals surface area (Å²) in [6.45, 7) is 6.14. The third kappa shape index (κ3) is 3.45. The maximum absolute atomic E-state index is 13.4. The van der Waals surface area contributed by atoms with E-state index in [0.29, 0.717) is 12.5 Å². The Hall–Kier alpha value is -1.68. The molecule has 0 saturated heterocycles. The van der Waals surface area contributed by atoms with Gasteiger partial charge in [0.15, 0.2) is 0 Å². The average molecular weight is 275 g/mol. The summed E-state index contributed by atoms with van der Waals surface area (Å²) >= 11 is 0. The predicted molar refractivity (Wildman–Crippen MR) is 79.0 cm³/mol. The van der Waals surface area contributed by atoms with Crippen LogP contribution < -0.4 is 5.73 Å². The van der Waals surface area contributed by atoms with E-state index in [1.807, 2.05) is 29.9 Å². The van der Waals surface area contributed by atoms with Crippen LogP contribution in [0.2, 0.25) is 0 Å². The van der Waals surface area contributed by atoms with Gasteiger partial charge in [-0.2, -0.15) is 5.10 Å². The molecular formula is C16H22FN3. The summed E-state index contributed by atoms with van der Waals surface area (Å²) in [5, 5.41) is 4.53. The molecule has 0 aliphatic carbocycles. The molecule has 2 rings (SSSR count). The molecule has 1 aromatic carbocycles. The first-order valence-electron chi connectivity index (χ1n) is 7.06. The van der Waals surface area contributed by atoms with Gasteiger partial charge in [-0.15, -0.1) is 0 Å². The molecule has 0 fully saturated rings. The molecular weight excluding hydrogens is 253 g/mol. The molecule has 108 valence electrons. The van der Waals surface area contributed by atoms with E-state index in [-0.39, 0.29) is 11.9 Å². The van der Waals surface area contributed by atoms with E-state index < -0.39 is 0 Å². The summed E-state index contributed by atoms with van der Waals surface area (Å²) < 4.78 is 15.4. The van der Waals surface area contributed by atoms with Crippen molar-refractivity contribution in [3.8, 4) is 0 Å². The van der Waals surface area contributed by atoms with Gasteiger partial charge in [-0.1, -0.05) is 13.0 Å². The Labute approximate surface area is 119 Å². The number of hydrogen-bond acceptors (Lipinski definition) is 2. The summed E-state index contributed by atoms with van der Waals surface area (Å²) in [5.74, 6) is -0.236. The normalized spacial score (nSPS) is 14.2. The Morgan fingerprint density at radius 2 is 2.10 bits per heavy atom. The van der Waals surface area contributed by atoms with Crippen LogP contribution in [-0.4, -0.2) is 9.78 Å². The summed E-state index contributed by atoms with van der Waals surface area (Å²) in [4.78, 5) is 0. The first kappa shape index (κ1) is 14.7. The highest BCUT2D eigenvalue weighted by atomic mass is 19.1. The van der Waals surface area contributed by atoms with Crippen LogP contribution >= 0.6 is 0 Å². The van der Waals surface area contributed by atoms with Crippen molar-refractivity contribution in [2.75, 3.05) is 0 Å². The molecule has 1 aromatic heterocycles. The van der Waals surface area contributed by atoms with Crippen LogP contribution in [0.1, 0.15) is 49.2 Å². The lowest BCUT2D eigenvalue weighted by atomic mass is 10.0. The van der Waals surface area contributed by atoms with Crippen LogP contribution in [0.25, 0.3) is 0 Å². The zero-order valence-corrected chi connectivity index (χ0v) is 12.3. The fourth-order valence-corrected chi connectivity index (χ4v) is 2.24. The molecule has 0 saturated carbocycles. The Bertz CT molecular complexity index is 557. The molecule has 2 atom stereocenters. The number of nitrogens with two attached hydrogens (primary N) is 1. The first-order chi connectivity index (χ1) is 9.49. The van der Waals surface area contributed by atoms with Gasteiger partial charge in [0, 0.05) is 24.7 Å². The van der Waals surface area contributed by atoms with Crippen molar-refractivity contribution in [3.63, 3.8) is 0 Å². The van der Waals surface area contributed by atoms with Gasteiger partial charge in [0.1, 0.15) is 5.82 Å². The number of halogens is 1. The van der Waals surface area contributed by atoms with E-state index in [1.165, 1.54) is 12.1 Å². The van der Waals surface area contributed by atoms with Gasteiger partial charge in [0.05, 0.1) is 5.69 Å². The second-order valence-corrected chi connectivity index (χ2v) is 5.42. The lowest BCUT2D eigenvalue weighted by Crippen LogP contribution is -2.15. The van der Waals surface area contributed by atoms with E-state index in [0.717, 1.165) is 23.2 Å². The van der Waals surface area contributed by atoms with Crippen molar-refractivity contribution in [2.24, 2.45) is 5.73 Å². The predicted octanol–water partition coefficient (Wildman–Crippen LogP) is 3.54. The second kappa shape index (κ2) is 6.18. The quantitative estimate of drug-likeness (QED) is 0.907. The molecule has 0 aliphatic heterocycles. The average Bonchev–Trinajstić information content (AvgIpc) is 2.85. The summed E-state index contributed by atoms with van der Waals surface area (Å²) in [7, 11) is 0. The third-order valence-electron chi connectivity index (χ3n) is 3.63. The summed E-state index contributed by atoms with van der Waals surface area (Å²) in [6, 6.07) is 7.08. The number of aryl methyl sites for hydroxylation is 1. The lowest BCUT2D eigenvalue weighted by molar-refractivity contribution is 0.472. The van der Waals surface area contributed by atoms with Gasteiger partial charge in [0.2, 0.25) is 0 Å². The lowest BCUT2D eigenvalue weighted by Gasteiger charge is -2.12. The molecule has 20 heavy (non-hydrogen) atoms. The van der Waals surface area contributed by atoms with Crippen molar-refractivity contribution in [2.45, 2.75) is 45.7 Å². The van der Waals surface area contributed by atoms with Crippen molar-refractivity contribution in [1.29, 1.82) is 0 Å².